The lowest BCUT2D eigenvalue weighted by Gasteiger charge is -2.17. The van der Waals surface area contributed by atoms with E-state index in [9.17, 15) is 9.59 Å². The number of carbonyl (C=O) groups excluding carboxylic acids is 2. The topological polar surface area (TPSA) is 67.9 Å². The van der Waals surface area contributed by atoms with Crippen molar-refractivity contribution in [1.82, 2.24) is 0 Å². The zero-order valence-electron chi connectivity index (χ0n) is 17.1. The van der Waals surface area contributed by atoms with E-state index in [0.29, 0.717) is 38.3 Å². The van der Waals surface area contributed by atoms with Crippen molar-refractivity contribution in [2.75, 3.05) is 24.4 Å². The number of amides is 2. The third-order valence-corrected chi connectivity index (χ3v) is 6.27. The van der Waals surface area contributed by atoms with Crippen LogP contribution in [0, 0.1) is 6.92 Å². The van der Waals surface area contributed by atoms with Crippen LogP contribution in [0.4, 0.5) is 11.4 Å². The number of carbonyl (C=O) groups is 2. The predicted octanol–water partition coefficient (Wildman–Crippen LogP) is 5.12. The average Bonchev–Trinajstić information content (AvgIpc) is 3.37. The van der Waals surface area contributed by atoms with Gasteiger partial charge in [0.1, 0.15) is 17.2 Å². The van der Waals surface area contributed by atoms with Crippen molar-refractivity contribution in [2.45, 2.75) is 6.92 Å². The number of hydrogen-bond acceptors (Lipinski definition) is 6. The van der Waals surface area contributed by atoms with Crippen LogP contribution >= 0.6 is 22.9 Å². The summed E-state index contributed by atoms with van der Waals surface area (Å²) in [5.74, 6) is 0.0486. The summed E-state index contributed by atoms with van der Waals surface area (Å²) in [5.41, 5.74) is 2.30. The largest absolute Gasteiger partial charge is 0.497 e. The van der Waals surface area contributed by atoms with Crippen LogP contribution in [0.2, 0.25) is 5.02 Å². The van der Waals surface area contributed by atoms with Crippen LogP contribution in [-0.2, 0) is 9.59 Å². The van der Waals surface area contributed by atoms with E-state index < -0.39 is 11.8 Å². The average molecular weight is 455 g/mol. The SMILES string of the molecule is COc1cc(OC)cc(N2C(=O)C(Nc3cccc(Cl)c3C)=C(c3cccs3)C2=O)c1. The molecule has 0 saturated carbocycles. The van der Waals surface area contributed by atoms with Crippen molar-refractivity contribution in [1.29, 1.82) is 0 Å². The van der Waals surface area contributed by atoms with Crippen molar-refractivity contribution in [2.24, 2.45) is 0 Å². The first-order chi connectivity index (χ1) is 14.9. The molecule has 2 aromatic carbocycles. The molecule has 31 heavy (non-hydrogen) atoms. The second-order valence-electron chi connectivity index (χ2n) is 6.78. The predicted molar refractivity (Wildman–Crippen MR) is 123 cm³/mol. The highest BCUT2D eigenvalue weighted by Crippen LogP contribution is 2.38. The number of nitrogens with zero attached hydrogens (tertiary/aromatic N) is 1. The monoisotopic (exact) mass is 454 g/mol. The number of ether oxygens (including phenoxy) is 2. The first-order valence-corrected chi connectivity index (χ1v) is 10.6. The molecule has 3 aromatic rings. The highest BCUT2D eigenvalue weighted by Gasteiger charge is 2.41. The Labute approximate surface area is 188 Å². The van der Waals surface area contributed by atoms with Crippen molar-refractivity contribution >= 4 is 51.7 Å². The van der Waals surface area contributed by atoms with Crippen LogP contribution in [0.15, 0.2) is 59.6 Å². The lowest BCUT2D eigenvalue weighted by atomic mass is 10.1. The Hall–Kier alpha value is -3.29. The van der Waals surface area contributed by atoms with E-state index in [0.717, 1.165) is 10.5 Å². The van der Waals surface area contributed by atoms with Gasteiger partial charge in [-0.25, -0.2) is 4.90 Å². The maximum absolute atomic E-state index is 13.5. The van der Waals surface area contributed by atoms with Crippen molar-refractivity contribution in [3.05, 3.63) is 75.1 Å². The molecule has 0 fully saturated rings. The molecule has 158 valence electrons. The van der Waals surface area contributed by atoms with E-state index in [1.54, 1.807) is 30.3 Å². The Balaban J connectivity index is 1.83. The quantitative estimate of drug-likeness (QED) is 0.523. The van der Waals surface area contributed by atoms with Crippen LogP contribution in [0.25, 0.3) is 5.57 Å². The number of methoxy groups -OCH3 is 2. The summed E-state index contributed by atoms with van der Waals surface area (Å²) >= 11 is 7.63. The van der Waals surface area contributed by atoms with Crippen LogP contribution in [0.3, 0.4) is 0 Å². The molecule has 2 amide bonds. The Morgan fingerprint density at radius 3 is 2.29 bits per heavy atom. The molecule has 1 aliphatic rings. The number of anilines is 2. The highest BCUT2D eigenvalue weighted by molar-refractivity contribution is 7.11. The van der Waals surface area contributed by atoms with Gasteiger partial charge < -0.3 is 14.8 Å². The first kappa shape index (κ1) is 21.0. The third kappa shape index (κ3) is 3.78. The normalized spacial score (nSPS) is 13.7. The van der Waals surface area contributed by atoms with Crippen LogP contribution in [0.5, 0.6) is 11.5 Å². The number of halogens is 1. The van der Waals surface area contributed by atoms with Gasteiger partial charge in [0.15, 0.2) is 0 Å². The Bertz CT molecular complexity index is 1180. The van der Waals surface area contributed by atoms with Crippen molar-refractivity contribution < 1.29 is 19.1 Å². The zero-order chi connectivity index (χ0) is 22.1. The number of imide groups is 1. The number of benzene rings is 2. The van der Waals surface area contributed by atoms with Gasteiger partial charge in [-0.3, -0.25) is 9.59 Å². The standard InChI is InChI=1S/C23H19ClN2O4S/c1-13-17(24)6-4-7-18(13)25-21-20(19-8-5-9-31-19)22(27)26(23(21)28)14-10-15(29-2)12-16(11-14)30-3/h4-12,25H,1-3H3. The Morgan fingerprint density at radius 2 is 1.68 bits per heavy atom. The molecule has 1 aromatic heterocycles. The fraction of sp³-hybridized carbons (Fsp3) is 0.130. The van der Waals surface area contributed by atoms with Gasteiger partial charge in [0, 0.05) is 33.8 Å². The summed E-state index contributed by atoms with van der Waals surface area (Å²) in [6, 6.07) is 13.9. The molecule has 0 spiro atoms. The van der Waals surface area contributed by atoms with Gasteiger partial charge in [-0.2, -0.15) is 0 Å². The summed E-state index contributed by atoms with van der Waals surface area (Å²) in [5, 5.41) is 5.58. The fourth-order valence-corrected chi connectivity index (χ4v) is 4.27. The lowest BCUT2D eigenvalue weighted by Crippen LogP contribution is -2.32. The summed E-state index contributed by atoms with van der Waals surface area (Å²) in [7, 11) is 3.02. The zero-order valence-corrected chi connectivity index (χ0v) is 18.6. The molecular weight excluding hydrogens is 436 g/mol. The van der Waals surface area contributed by atoms with Gasteiger partial charge >= 0.3 is 0 Å². The van der Waals surface area contributed by atoms with Gasteiger partial charge in [0.2, 0.25) is 0 Å². The lowest BCUT2D eigenvalue weighted by molar-refractivity contribution is -0.120. The maximum Gasteiger partial charge on any atom is 0.282 e. The van der Waals surface area contributed by atoms with Gasteiger partial charge in [0.05, 0.1) is 25.5 Å². The summed E-state index contributed by atoms with van der Waals surface area (Å²) in [6.45, 7) is 1.85. The summed E-state index contributed by atoms with van der Waals surface area (Å²) in [6.07, 6.45) is 0. The highest BCUT2D eigenvalue weighted by atomic mass is 35.5. The number of nitrogens with one attached hydrogen (secondary N) is 1. The number of rotatable bonds is 6. The van der Waals surface area contributed by atoms with Crippen molar-refractivity contribution in [3.63, 3.8) is 0 Å². The molecule has 0 unspecified atom stereocenters. The minimum Gasteiger partial charge on any atom is -0.497 e. The minimum absolute atomic E-state index is 0.194. The van der Waals surface area contributed by atoms with Gasteiger partial charge in [-0.05, 0) is 36.1 Å². The number of thiophene rings is 1. The first-order valence-electron chi connectivity index (χ1n) is 9.36. The molecule has 2 heterocycles. The molecule has 0 atom stereocenters. The van der Waals surface area contributed by atoms with Crippen molar-refractivity contribution in [3.8, 4) is 11.5 Å². The molecular formula is C23H19ClN2O4S. The van der Waals surface area contributed by atoms with Crippen LogP contribution in [-0.4, -0.2) is 26.0 Å². The fourth-order valence-electron chi connectivity index (χ4n) is 3.33. The summed E-state index contributed by atoms with van der Waals surface area (Å²) in [4.78, 5) is 28.8. The number of hydrogen-bond donors (Lipinski definition) is 1. The van der Waals surface area contributed by atoms with E-state index in [1.165, 1.54) is 25.6 Å². The van der Waals surface area contributed by atoms with E-state index >= 15 is 0 Å². The molecule has 1 aliphatic heterocycles. The molecule has 0 radical (unpaired) electrons. The summed E-state index contributed by atoms with van der Waals surface area (Å²) < 4.78 is 10.6. The van der Waals surface area contributed by atoms with E-state index in [4.69, 9.17) is 21.1 Å². The molecule has 8 heteroatoms. The van der Waals surface area contributed by atoms with Gasteiger partial charge in [-0.1, -0.05) is 23.7 Å². The molecule has 6 nitrogen and oxygen atoms in total. The van der Waals surface area contributed by atoms with Crippen LogP contribution < -0.4 is 19.7 Å². The van der Waals surface area contributed by atoms with E-state index in [2.05, 4.69) is 5.32 Å². The van der Waals surface area contributed by atoms with Gasteiger partial charge in [0.25, 0.3) is 11.8 Å². The molecule has 0 bridgehead atoms. The second kappa shape index (κ2) is 8.45. The maximum atomic E-state index is 13.5. The molecule has 0 aliphatic carbocycles. The minimum atomic E-state index is -0.469. The Morgan fingerprint density at radius 1 is 0.968 bits per heavy atom. The second-order valence-corrected chi connectivity index (χ2v) is 8.14. The molecule has 1 N–H and O–H groups in total. The smallest absolute Gasteiger partial charge is 0.282 e. The third-order valence-electron chi connectivity index (χ3n) is 4.97. The van der Waals surface area contributed by atoms with Crippen LogP contribution in [0.1, 0.15) is 10.4 Å². The van der Waals surface area contributed by atoms with E-state index in [1.807, 2.05) is 30.5 Å². The molecule has 0 saturated heterocycles. The Kier molecular flexibility index (Phi) is 5.71. The van der Waals surface area contributed by atoms with Gasteiger partial charge in [-0.15, -0.1) is 11.3 Å². The molecule has 4 rings (SSSR count). The van der Waals surface area contributed by atoms with E-state index in [-0.39, 0.29) is 5.70 Å².